The number of pyridine rings is 1. The fourth-order valence-corrected chi connectivity index (χ4v) is 2.39. The minimum absolute atomic E-state index is 0.189. The second-order valence-corrected chi connectivity index (χ2v) is 5.38. The molecule has 0 aliphatic heterocycles. The topological polar surface area (TPSA) is 46.4 Å². The summed E-state index contributed by atoms with van der Waals surface area (Å²) < 4.78 is 1.74. The third-order valence-electron chi connectivity index (χ3n) is 3.29. The lowest BCUT2D eigenvalue weighted by molar-refractivity contribution is 0.102. The largest absolute Gasteiger partial charge is 0.321 e. The lowest BCUT2D eigenvalue weighted by atomic mass is 10.2. The number of anilines is 1. The molecule has 2 aromatic heterocycles. The van der Waals surface area contributed by atoms with Crippen molar-refractivity contribution in [2.75, 3.05) is 5.32 Å². The molecule has 0 atom stereocenters. The summed E-state index contributed by atoms with van der Waals surface area (Å²) in [6, 6.07) is 11.1. The van der Waals surface area contributed by atoms with Crippen molar-refractivity contribution >= 4 is 28.8 Å². The summed E-state index contributed by atoms with van der Waals surface area (Å²) in [6.07, 6.45) is 1.75. The van der Waals surface area contributed by atoms with Gasteiger partial charge in [0.2, 0.25) is 0 Å². The minimum Gasteiger partial charge on any atom is -0.321 e. The van der Waals surface area contributed by atoms with Crippen LogP contribution in [-0.4, -0.2) is 15.3 Å². The third-order valence-corrected chi connectivity index (χ3v) is 3.52. The molecule has 1 N–H and O–H groups in total. The van der Waals surface area contributed by atoms with Gasteiger partial charge in [-0.15, -0.1) is 0 Å². The highest BCUT2D eigenvalue weighted by atomic mass is 35.5. The fourth-order valence-electron chi connectivity index (χ4n) is 2.24. The van der Waals surface area contributed by atoms with E-state index in [2.05, 4.69) is 10.3 Å². The van der Waals surface area contributed by atoms with Gasteiger partial charge in [-0.05, 0) is 32.0 Å². The van der Waals surface area contributed by atoms with Crippen molar-refractivity contribution < 1.29 is 4.79 Å². The van der Waals surface area contributed by atoms with Gasteiger partial charge in [-0.1, -0.05) is 29.3 Å². The summed E-state index contributed by atoms with van der Waals surface area (Å²) in [4.78, 5) is 16.8. The van der Waals surface area contributed by atoms with Crippen LogP contribution in [0.4, 0.5) is 5.69 Å². The van der Waals surface area contributed by atoms with E-state index in [1.165, 1.54) is 0 Å². The minimum atomic E-state index is -0.189. The van der Waals surface area contributed by atoms with E-state index in [0.29, 0.717) is 22.1 Å². The number of nitrogens with zero attached hydrogens (tertiary/aromatic N) is 2. The predicted molar refractivity (Wildman–Crippen MR) is 84.1 cm³/mol. The van der Waals surface area contributed by atoms with Crippen molar-refractivity contribution in [3.05, 3.63) is 64.6 Å². The number of aromatic nitrogens is 2. The Morgan fingerprint density at radius 2 is 1.90 bits per heavy atom. The first kappa shape index (κ1) is 13.6. The Balaban J connectivity index is 1.97. The number of fused-ring (bicyclic) bond motifs is 1. The Bertz CT molecular complexity index is 821. The normalized spacial score (nSPS) is 10.8. The summed E-state index contributed by atoms with van der Waals surface area (Å²) in [7, 11) is 0. The Kier molecular flexibility index (Phi) is 3.39. The number of carbonyl (C=O) groups excluding carboxylic acids is 1. The zero-order valence-electron chi connectivity index (χ0n) is 11.7. The van der Waals surface area contributed by atoms with Gasteiger partial charge in [0, 0.05) is 23.0 Å². The second kappa shape index (κ2) is 5.22. The molecule has 3 rings (SSSR count). The maximum atomic E-state index is 12.5. The second-order valence-electron chi connectivity index (χ2n) is 4.94. The number of amides is 1. The smallest absolute Gasteiger partial charge is 0.274 e. The standard InChI is InChI=1S/C16H14ClN3O/c1-10-3-5-13(6-4-10)19-16(21)15-11(2)18-14-9-12(17)7-8-20(14)15/h3-9H,1-2H3,(H,19,21). The molecule has 21 heavy (non-hydrogen) atoms. The van der Waals surface area contributed by atoms with Crippen molar-refractivity contribution in [1.82, 2.24) is 9.38 Å². The summed E-state index contributed by atoms with van der Waals surface area (Å²) in [5, 5.41) is 3.48. The lowest BCUT2D eigenvalue weighted by Crippen LogP contribution is -2.15. The van der Waals surface area contributed by atoms with E-state index in [9.17, 15) is 4.79 Å². The first-order valence-corrected chi connectivity index (χ1v) is 6.94. The number of imidazole rings is 1. The molecule has 0 unspecified atom stereocenters. The molecular weight excluding hydrogens is 286 g/mol. The maximum absolute atomic E-state index is 12.5. The van der Waals surface area contributed by atoms with Crippen molar-refractivity contribution in [2.24, 2.45) is 0 Å². The molecule has 1 aromatic carbocycles. The van der Waals surface area contributed by atoms with Crippen LogP contribution in [0.15, 0.2) is 42.6 Å². The van der Waals surface area contributed by atoms with Crippen LogP contribution < -0.4 is 5.32 Å². The molecule has 0 spiro atoms. The Morgan fingerprint density at radius 3 is 2.62 bits per heavy atom. The van der Waals surface area contributed by atoms with Crippen molar-refractivity contribution in [2.45, 2.75) is 13.8 Å². The van der Waals surface area contributed by atoms with E-state index >= 15 is 0 Å². The van der Waals surface area contributed by atoms with E-state index in [-0.39, 0.29) is 5.91 Å². The summed E-state index contributed by atoms with van der Waals surface area (Å²) >= 11 is 5.95. The fraction of sp³-hybridized carbons (Fsp3) is 0.125. The number of aryl methyl sites for hydroxylation is 2. The van der Waals surface area contributed by atoms with Crippen molar-refractivity contribution in [3.63, 3.8) is 0 Å². The molecule has 0 saturated carbocycles. The van der Waals surface area contributed by atoms with Gasteiger partial charge in [-0.25, -0.2) is 4.98 Å². The van der Waals surface area contributed by atoms with Crippen LogP contribution in [0.3, 0.4) is 0 Å². The SMILES string of the molecule is Cc1ccc(NC(=O)c2c(C)nc3cc(Cl)ccn23)cc1. The number of benzene rings is 1. The molecule has 4 nitrogen and oxygen atoms in total. The lowest BCUT2D eigenvalue weighted by Gasteiger charge is -2.06. The molecule has 0 aliphatic carbocycles. The summed E-state index contributed by atoms with van der Waals surface area (Å²) in [5.41, 5.74) is 3.75. The highest BCUT2D eigenvalue weighted by Gasteiger charge is 2.16. The molecule has 0 bridgehead atoms. The third kappa shape index (κ3) is 2.62. The van der Waals surface area contributed by atoms with Gasteiger partial charge in [0.25, 0.3) is 5.91 Å². The van der Waals surface area contributed by atoms with Crippen LogP contribution in [0.5, 0.6) is 0 Å². The van der Waals surface area contributed by atoms with E-state index in [1.807, 2.05) is 38.1 Å². The van der Waals surface area contributed by atoms with Gasteiger partial charge >= 0.3 is 0 Å². The molecule has 0 saturated heterocycles. The van der Waals surface area contributed by atoms with Crippen molar-refractivity contribution in [1.29, 1.82) is 0 Å². The number of rotatable bonds is 2. The number of carbonyl (C=O) groups is 1. The molecule has 0 aliphatic rings. The number of nitrogens with one attached hydrogen (secondary N) is 1. The van der Waals surface area contributed by atoms with Gasteiger partial charge in [-0.3, -0.25) is 9.20 Å². The quantitative estimate of drug-likeness (QED) is 0.781. The number of hydrogen-bond acceptors (Lipinski definition) is 2. The molecule has 5 heteroatoms. The molecule has 3 aromatic rings. The van der Waals surface area contributed by atoms with Crippen LogP contribution in [0.1, 0.15) is 21.7 Å². The molecule has 1 amide bonds. The Morgan fingerprint density at radius 1 is 1.19 bits per heavy atom. The molecule has 2 heterocycles. The Hall–Kier alpha value is -2.33. The monoisotopic (exact) mass is 299 g/mol. The Labute approximate surface area is 127 Å². The summed E-state index contributed by atoms with van der Waals surface area (Å²) in [5.74, 6) is -0.189. The molecule has 0 radical (unpaired) electrons. The van der Waals surface area contributed by atoms with E-state index in [1.54, 1.807) is 22.7 Å². The first-order valence-electron chi connectivity index (χ1n) is 6.57. The van der Waals surface area contributed by atoms with Gasteiger partial charge in [0.15, 0.2) is 0 Å². The van der Waals surface area contributed by atoms with Gasteiger partial charge in [0.1, 0.15) is 11.3 Å². The average Bonchev–Trinajstić information content (AvgIpc) is 2.76. The van der Waals surface area contributed by atoms with E-state index in [4.69, 9.17) is 11.6 Å². The van der Waals surface area contributed by atoms with Gasteiger partial charge in [-0.2, -0.15) is 0 Å². The molecular formula is C16H14ClN3O. The maximum Gasteiger partial charge on any atom is 0.274 e. The predicted octanol–water partition coefficient (Wildman–Crippen LogP) is 3.86. The van der Waals surface area contributed by atoms with Gasteiger partial charge < -0.3 is 5.32 Å². The van der Waals surface area contributed by atoms with E-state index < -0.39 is 0 Å². The molecule has 0 fully saturated rings. The van der Waals surface area contributed by atoms with Crippen molar-refractivity contribution in [3.8, 4) is 0 Å². The van der Waals surface area contributed by atoms with Gasteiger partial charge in [0.05, 0.1) is 5.69 Å². The summed E-state index contributed by atoms with van der Waals surface area (Å²) in [6.45, 7) is 3.81. The average molecular weight is 300 g/mol. The zero-order chi connectivity index (χ0) is 15.0. The van der Waals surface area contributed by atoms with Crippen LogP contribution in [-0.2, 0) is 0 Å². The van der Waals surface area contributed by atoms with Crippen LogP contribution in [0.25, 0.3) is 5.65 Å². The number of hydrogen-bond donors (Lipinski definition) is 1. The first-order chi connectivity index (χ1) is 10.0. The number of halogens is 1. The highest BCUT2D eigenvalue weighted by Crippen LogP contribution is 2.18. The van der Waals surface area contributed by atoms with E-state index in [0.717, 1.165) is 11.3 Å². The zero-order valence-corrected chi connectivity index (χ0v) is 12.5. The van der Waals surface area contributed by atoms with Crippen LogP contribution in [0.2, 0.25) is 5.02 Å². The highest BCUT2D eigenvalue weighted by molar-refractivity contribution is 6.30. The molecule has 106 valence electrons. The van der Waals surface area contributed by atoms with Crippen LogP contribution >= 0.6 is 11.6 Å². The van der Waals surface area contributed by atoms with Crippen LogP contribution in [0, 0.1) is 13.8 Å².